The van der Waals surface area contributed by atoms with E-state index in [-0.39, 0.29) is 0 Å². The number of thiazole rings is 1. The second kappa shape index (κ2) is 8.75. The summed E-state index contributed by atoms with van der Waals surface area (Å²) >= 11 is 1.55. The summed E-state index contributed by atoms with van der Waals surface area (Å²) in [5.74, 6) is 1.84. The van der Waals surface area contributed by atoms with E-state index in [9.17, 15) is 0 Å². The summed E-state index contributed by atoms with van der Waals surface area (Å²) in [4.78, 5) is 4.61. The fourth-order valence-corrected chi connectivity index (χ4v) is 3.34. The van der Waals surface area contributed by atoms with Gasteiger partial charge in [-0.2, -0.15) is 0 Å². The molecule has 0 aliphatic rings. The molecule has 1 heterocycles. The van der Waals surface area contributed by atoms with E-state index in [1.807, 2.05) is 17.5 Å². The Kier molecular flexibility index (Phi) is 6.16. The summed E-state index contributed by atoms with van der Waals surface area (Å²) in [6, 6.07) is 12.2. The van der Waals surface area contributed by atoms with Crippen LogP contribution in [0.1, 0.15) is 11.1 Å². The van der Waals surface area contributed by atoms with Crippen molar-refractivity contribution in [3.05, 3.63) is 52.9 Å². The van der Waals surface area contributed by atoms with Gasteiger partial charge in [0.15, 0.2) is 16.6 Å². The van der Waals surface area contributed by atoms with Gasteiger partial charge in [0.25, 0.3) is 0 Å². The number of nitrogens with one attached hydrogen (secondary N) is 2. The molecule has 0 amide bonds. The average Bonchev–Trinajstić information content (AvgIpc) is 3.16. The van der Waals surface area contributed by atoms with Crippen molar-refractivity contribution in [2.75, 3.05) is 26.8 Å². The van der Waals surface area contributed by atoms with Crippen molar-refractivity contribution in [1.82, 2.24) is 10.4 Å². The van der Waals surface area contributed by atoms with Gasteiger partial charge in [-0.3, -0.25) is 5.43 Å². The number of hydrogen-bond donors (Lipinski definition) is 2. The maximum absolute atomic E-state index is 5.38. The number of methoxy groups -OCH3 is 3. The highest BCUT2D eigenvalue weighted by Crippen LogP contribution is 2.38. The van der Waals surface area contributed by atoms with Crippen LogP contribution < -0.4 is 25.1 Å². The van der Waals surface area contributed by atoms with Gasteiger partial charge in [-0.15, -0.1) is 11.3 Å². The molecule has 0 spiro atoms. The van der Waals surface area contributed by atoms with Crippen molar-refractivity contribution in [2.24, 2.45) is 0 Å². The predicted molar refractivity (Wildman–Crippen MR) is 109 cm³/mol. The van der Waals surface area contributed by atoms with Crippen molar-refractivity contribution in [1.29, 1.82) is 0 Å². The Balaban J connectivity index is 1.64. The summed E-state index contributed by atoms with van der Waals surface area (Å²) < 4.78 is 16.1. The number of ether oxygens (including phenoxy) is 3. The summed E-state index contributed by atoms with van der Waals surface area (Å²) in [6.45, 7) is 2.64. The second-order valence-corrected chi connectivity index (χ2v) is 6.77. The van der Waals surface area contributed by atoms with Gasteiger partial charge < -0.3 is 14.2 Å². The lowest BCUT2D eigenvalue weighted by molar-refractivity contribution is 0.323. The molecular weight excluding hydrogens is 362 g/mol. The lowest BCUT2D eigenvalue weighted by Gasteiger charge is -2.14. The SMILES string of the molecule is COc1cc(CNNc2nc(-c3ccc(C)cc3)cs2)cc(OC)c1OC. The topological polar surface area (TPSA) is 64.6 Å². The minimum atomic E-state index is 0.566. The highest BCUT2D eigenvalue weighted by molar-refractivity contribution is 7.14. The third-order valence-corrected chi connectivity index (χ3v) is 4.82. The molecule has 0 saturated carbocycles. The third kappa shape index (κ3) is 4.50. The molecule has 3 rings (SSSR count). The van der Waals surface area contributed by atoms with Crippen LogP contribution in [0.2, 0.25) is 0 Å². The summed E-state index contributed by atoms with van der Waals surface area (Å²) in [5, 5.41) is 2.84. The molecule has 0 aliphatic carbocycles. The quantitative estimate of drug-likeness (QED) is 0.565. The summed E-state index contributed by atoms with van der Waals surface area (Å²) in [6.07, 6.45) is 0. The van der Waals surface area contributed by atoms with E-state index in [4.69, 9.17) is 14.2 Å². The summed E-state index contributed by atoms with van der Waals surface area (Å²) in [7, 11) is 4.80. The van der Waals surface area contributed by atoms with Gasteiger partial charge in [0.1, 0.15) is 0 Å². The van der Waals surface area contributed by atoms with Gasteiger partial charge in [-0.1, -0.05) is 29.8 Å². The molecule has 1 aromatic heterocycles. The fraction of sp³-hybridized carbons (Fsp3) is 0.250. The van der Waals surface area contributed by atoms with Crippen molar-refractivity contribution in [2.45, 2.75) is 13.5 Å². The zero-order valence-electron chi connectivity index (χ0n) is 15.8. The van der Waals surface area contributed by atoms with Gasteiger partial charge in [0.2, 0.25) is 5.75 Å². The first-order chi connectivity index (χ1) is 13.1. The zero-order valence-corrected chi connectivity index (χ0v) is 16.6. The fourth-order valence-electron chi connectivity index (χ4n) is 2.65. The van der Waals surface area contributed by atoms with Crippen LogP contribution in [0.3, 0.4) is 0 Å². The van der Waals surface area contributed by atoms with E-state index in [1.54, 1.807) is 32.7 Å². The van der Waals surface area contributed by atoms with Crippen LogP contribution in [0.5, 0.6) is 17.2 Å². The predicted octanol–water partition coefficient (Wildman–Crippen LogP) is 4.26. The van der Waals surface area contributed by atoms with Crippen molar-refractivity contribution >= 4 is 16.5 Å². The minimum Gasteiger partial charge on any atom is -0.493 e. The molecule has 27 heavy (non-hydrogen) atoms. The highest BCUT2D eigenvalue weighted by Gasteiger charge is 2.13. The molecule has 0 bridgehead atoms. The molecule has 2 N–H and O–H groups in total. The molecule has 0 unspecified atom stereocenters. The number of aryl methyl sites for hydroxylation is 1. The van der Waals surface area contributed by atoms with E-state index in [1.165, 1.54) is 5.56 Å². The van der Waals surface area contributed by atoms with Gasteiger partial charge in [-0.25, -0.2) is 10.4 Å². The largest absolute Gasteiger partial charge is 0.493 e. The Morgan fingerprint density at radius 1 is 0.963 bits per heavy atom. The lowest BCUT2D eigenvalue weighted by Crippen LogP contribution is -2.20. The van der Waals surface area contributed by atoms with Crippen LogP contribution in [-0.4, -0.2) is 26.3 Å². The number of aromatic nitrogens is 1. The number of benzene rings is 2. The second-order valence-electron chi connectivity index (χ2n) is 5.92. The molecule has 0 atom stereocenters. The smallest absolute Gasteiger partial charge is 0.203 e. The van der Waals surface area contributed by atoms with Crippen LogP contribution in [0.15, 0.2) is 41.8 Å². The highest BCUT2D eigenvalue weighted by atomic mass is 32.1. The van der Waals surface area contributed by atoms with E-state index in [0.717, 1.165) is 22.0 Å². The van der Waals surface area contributed by atoms with Crippen LogP contribution in [0.25, 0.3) is 11.3 Å². The van der Waals surface area contributed by atoms with Crippen LogP contribution in [0.4, 0.5) is 5.13 Å². The molecule has 0 fully saturated rings. The number of rotatable bonds is 8. The van der Waals surface area contributed by atoms with Crippen LogP contribution >= 0.6 is 11.3 Å². The number of hydrogen-bond acceptors (Lipinski definition) is 7. The van der Waals surface area contributed by atoms with Crippen LogP contribution in [0, 0.1) is 6.92 Å². The van der Waals surface area contributed by atoms with E-state index in [0.29, 0.717) is 23.8 Å². The monoisotopic (exact) mass is 385 g/mol. The van der Waals surface area contributed by atoms with Gasteiger partial charge in [0, 0.05) is 17.5 Å². The van der Waals surface area contributed by atoms with E-state index in [2.05, 4.69) is 47.0 Å². The third-order valence-electron chi connectivity index (χ3n) is 4.06. The first-order valence-electron chi connectivity index (χ1n) is 8.45. The number of nitrogens with zero attached hydrogens (tertiary/aromatic N) is 1. The first kappa shape index (κ1) is 19.0. The maximum Gasteiger partial charge on any atom is 0.203 e. The van der Waals surface area contributed by atoms with Crippen LogP contribution in [-0.2, 0) is 6.54 Å². The zero-order chi connectivity index (χ0) is 19.2. The molecule has 3 aromatic rings. The van der Waals surface area contributed by atoms with Gasteiger partial charge >= 0.3 is 0 Å². The van der Waals surface area contributed by atoms with Crippen molar-refractivity contribution in [3.8, 4) is 28.5 Å². The van der Waals surface area contributed by atoms with Crippen molar-refractivity contribution < 1.29 is 14.2 Å². The van der Waals surface area contributed by atoms with Gasteiger partial charge in [0.05, 0.1) is 27.0 Å². The Morgan fingerprint density at radius 3 is 2.22 bits per heavy atom. The standard InChI is InChI=1S/C20H23N3O3S/c1-13-5-7-15(8-6-13)16-12-27-20(22-16)23-21-11-14-9-17(24-2)19(26-4)18(10-14)25-3/h5-10,12,21H,11H2,1-4H3,(H,22,23). The van der Waals surface area contributed by atoms with E-state index >= 15 is 0 Å². The normalized spacial score (nSPS) is 10.5. The molecule has 2 aromatic carbocycles. The summed E-state index contributed by atoms with van der Waals surface area (Å²) in [5.41, 5.74) is 10.6. The first-order valence-corrected chi connectivity index (χ1v) is 9.33. The lowest BCUT2D eigenvalue weighted by atomic mass is 10.1. The molecule has 0 radical (unpaired) electrons. The Morgan fingerprint density at radius 2 is 1.63 bits per heavy atom. The molecule has 0 aliphatic heterocycles. The van der Waals surface area contributed by atoms with Crippen molar-refractivity contribution in [3.63, 3.8) is 0 Å². The molecule has 6 nitrogen and oxygen atoms in total. The Labute approximate surface area is 163 Å². The number of hydrazine groups is 1. The molecular formula is C20H23N3O3S. The maximum atomic E-state index is 5.38. The minimum absolute atomic E-state index is 0.566. The molecule has 0 saturated heterocycles. The number of anilines is 1. The van der Waals surface area contributed by atoms with E-state index < -0.39 is 0 Å². The van der Waals surface area contributed by atoms with Gasteiger partial charge in [-0.05, 0) is 24.6 Å². The Hall–Kier alpha value is -2.77. The average molecular weight is 385 g/mol. The molecule has 7 heteroatoms. The Bertz CT molecular complexity index is 869. The molecule has 142 valence electrons.